The van der Waals surface area contributed by atoms with Crippen molar-refractivity contribution in [3.8, 4) is 11.7 Å². The first-order valence-corrected chi connectivity index (χ1v) is 9.50. The second kappa shape index (κ2) is 8.08. The minimum atomic E-state index is -1.53. The van der Waals surface area contributed by atoms with Gasteiger partial charge in [-0.25, -0.2) is 0 Å². The number of carbonyl (C=O) groups is 2. The van der Waals surface area contributed by atoms with Crippen molar-refractivity contribution >= 4 is 30.2 Å². The van der Waals surface area contributed by atoms with Gasteiger partial charge in [0.25, 0.3) is 11.8 Å². The Labute approximate surface area is 170 Å². The number of halogens is 1. The molecule has 5 nitrogen and oxygen atoms in total. The quantitative estimate of drug-likeness (QED) is 0.449. The van der Waals surface area contributed by atoms with Gasteiger partial charge in [-0.1, -0.05) is 5.82 Å². The summed E-state index contributed by atoms with van der Waals surface area (Å²) in [7, 11) is -1.53. The smallest absolute Gasteiger partial charge is 0.348 e. The number of rotatable bonds is 4. The number of hydrogen-bond donors (Lipinski definition) is 0. The number of aromatic nitrogens is 1. The largest absolute Gasteiger partial charge is 0.551 e. The van der Waals surface area contributed by atoms with Crippen molar-refractivity contribution in [1.82, 2.24) is 9.38 Å². The summed E-state index contributed by atoms with van der Waals surface area (Å²) in [5, 5.41) is 0. The maximum Gasteiger partial charge on any atom is 0.551 e. The number of imide groups is 1. The standard InChI is InChI=1S/C22H23BFN3O2/c1-14-12-16(3)25-21(14)18(5)22-15(2)13-17(4)27(22)23(24)10-6-7-11-26-19(28)8-9-20(26)29/h8-9,12-13H,7,11H2,1-5H3/b21-18-. The molecule has 0 saturated heterocycles. The molecule has 1 aromatic rings. The van der Waals surface area contributed by atoms with Gasteiger partial charge in [-0.2, -0.15) is 0 Å². The van der Waals surface area contributed by atoms with E-state index in [1.165, 1.54) is 12.2 Å². The van der Waals surface area contributed by atoms with Gasteiger partial charge >= 0.3 is 7.12 Å². The molecule has 0 aromatic carbocycles. The first-order valence-electron chi connectivity index (χ1n) is 9.50. The fraction of sp³-hybridized carbons (Fsp3) is 0.318. The first kappa shape index (κ1) is 20.6. The molecule has 0 spiro atoms. The van der Waals surface area contributed by atoms with E-state index in [9.17, 15) is 9.59 Å². The van der Waals surface area contributed by atoms with E-state index >= 15 is 4.32 Å². The molecule has 0 bridgehead atoms. The zero-order valence-electron chi connectivity index (χ0n) is 17.3. The Hall–Kier alpha value is -3.14. The average Bonchev–Trinajstić information content (AvgIpc) is 3.26. The zero-order valence-corrected chi connectivity index (χ0v) is 17.3. The summed E-state index contributed by atoms with van der Waals surface area (Å²) in [5.41, 5.74) is 6.27. The summed E-state index contributed by atoms with van der Waals surface area (Å²) >= 11 is 0. The van der Waals surface area contributed by atoms with Gasteiger partial charge in [0, 0.05) is 42.2 Å². The third kappa shape index (κ3) is 4.02. The van der Waals surface area contributed by atoms with Gasteiger partial charge in [0.1, 0.15) is 0 Å². The molecule has 148 valence electrons. The molecule has 0 fully saturated rings. The number of carbonyl (C=O) groups excluding carboxylic acids is 2. The molecular weight excluding hydrogens is 368 g/mol. The third-order valence-electron chi connectivity index (χ3n) is 5.03. The normalized spacial score (nSPS) is 17.4. The van der Waals surface area contributed by atoms with Gasteiger partial charge < -0.3 is 4.48 Å². The Bertz CT molecular complexity index is 1060. The van der Waals surface area contributed by atoms with Crippen LogP contribution in [0.5, 0.6) is 0 Å². The summed E-state index contributed by atoms with van der Waals surface area (Å²) in [5.74, 6) is 4.67. The summed E-state index contributed by atoms with van der Waals surface area (Å²) in [6.07, 6.45) is 4.69. The highest BCUT2D eigenvalue weighted by Crippen LogP contribution is 2.31. The van der Waals surface area contributed by atoms with Crippen LogP contribution in [0.1, 0.15) is 44.1 Å². The van der Waals surface area contributed by atoms with E-state index in [0.29, 0.717) is 0 Å². The summed E-state index contributed by atoms with van der Waals surface area (Å²) in [6, 6.07) is 1.94. The van der Waals surface area contributed by atoms with Crippen molar-refractivity contribution in [2.24, 2.45) is 4.99 Å². The average molecular weight is 391 g/mol. The Morgan fingerprint density at radius 3 is 2.41 bits per heavy atom. The lowest BCUT2D eigenvalue weighted by Gasteiger charge is -2.14. The number of allylic oxidation sites excluding steroid dienone is 3. The van der Waals surface area contributed by atoms with Crippen LogP contribution in [0.4, 0.5) is 4.32 Å². The van der Waals surface area contributed by atoms with Crippen LogP contribution in [0, 0.1) is 25.6 Å². The molecule has 0 radical (unpaired) electrons. The van der Waals surface area contributed by atoms with E-state index < -0.39 is 7.12 Å². The van der Waals surface area contributed by atoms with Crippen LogP contribution in [0.25, 0.3) is 5.57 Å². The maximum atomic E-state index is 15.1. The molecule has 0 unspecified atom stereocenters. The molecule has 0 saturated carbocycles. The fourth-order valence-electron chi connectivity index (χ4n) is 3.80. The predicted octanol–water partition coefficient (Wildman–Crippen LogP) is 3.42. The van der Waals surface area contributed by atoms with Crippen molar-refractivity contribution in [3.05, 3.63) is 52.5 Å². The van der Waals surface area contributed by atoms with E-state index in [0.717, 1.165) is 44.4 Å². The van der Waals surface area contributed by atoms with Crippen molar-refractivity contribution in [3.63, 3.8) is 0 Å². The minimum absolute atomic E-state index is 0.155. The highest BCUT2D eigenvalue weighted by atomic mass is 19.1. The Morgan fingerprint density at radius 2 is 1.83 bits per heavy atom. The SMILES string of the molecule is CC1=CC(C)=N/C1=C(/C)c1c(C)cc(C)n1B(F)C#CCCN1C(=O)C=CC1=O. The van der Waals surface area contributed by atoms with E-state index in [1.54, 1.807) is 4.48 Å². The van der Waals surface area contributed by atoms with Gasteiger partial charge in [-0.3, -0.25) is 23.8 Å². The molecule has 1 aromatic heterocycles. The van der Waals surface area contributed by atoms with Crippen LogP contribution in [0.15, 0.2) is 40.6 Å². The monoisotopic (exact) mass is 391 g/mol. The lowest BCUT2D eigenvalue weighted by atomic mass is 9.86. The molecule has 29 heavy (non-hydrogen) atoms. The molecule has 7 heteroatoms. The Kier molecular flexibility index (Phi) is 5.74. The lowest BCUT2D eigenvalue weighted by Crippen LogP contribution is -2.30. The van der Waals surface area contributed by atoms with Crippen LogP contribution in [0.3, 0.4) is 0 Å². The van der Waals surface area contributed by atoms with E-state index in [-0.39, 0.29) is 24.8 Å². The van der Waals surface area contributed by atoms with Gasteiger partial charge in [0.2, 0.25) is 0 Å². The predicted molar refractivity (Wildman–Crippen MR) is 114 cm³/mol. The number of amides is 2. The summed E-state index contributed by atoms with van der Waals surface area (Å²) in [6.45, 7) is 9.84. The van der Waals surface area contributed by atoms with Crippen molar-refractivity contribution in [1.29, 1.82) is 0 Å². The Morgan fingerprint density at radius 1 is 1.17 bits per heavy atom. The van der Waals surface area contributed by atoms with Gasteiger partial charge in [-0.15, -0.1) is 5.92 Å². The molecule has 0 atom stereocenters. The first-order chi connectivity index (χ1) is 13.7. The Balaban J connectivity index is 1.83. The molecular formula is C22H23BFN3O2. The minimum Gasteiger partial charge on any atom is -0.348 e. The summed E-state index contributed by atoms with van der Waals surface area (Å²) in [4.78, 5) is 28.8. The zero-order chi connectivity index (χ0) is 21.3. The topological polar surface area (TPSA) is 54.7 Å². The molecule has 3 heterocycles. The highest BCUT2D eigenvalue weighted by molar-refractivity contribution is 6.59. The highest BCUT2D eigenvalue weighted by Gasteiger charge is 2.25. The number of aryl methyl sites for hydroxylation is 2. The number of nitrogens with zero attached hydrogens (tertiary/aromatic N) is 3. The van der Waals surface area contributed by atoms with Crippen LogP contribution in [0.2, 0.25) is 0 Å². The van der Waals surface area contributed by atoms with Crippen LogP contribution >= 0.6 is 0 Å². The van der Waals surface area contributed by atoms with Crippen molar-refractivity contribution < 1.29 is 13.9 Å². The molecule has 0 N–H and O–H groups in total. The molecule has 3 rings (SSSR count). The third-order valence-corrected chi connectivity index (χ3v) is 5.03. The van der Waals surface area contributed by atoms with Gasteiger partial charge in [0.15, 0.2) is 0 Å². The second-order valence-corrected chi connectivity index (χ2v) is 7.31. The fourth-order valence-corrected chi connectivity index (χ4v) is 3.80. The molecule has 0 aliphatic carbocycles. The van der Waals surface area contributed by atoms with Crippen LogP contribution < -0.4 is 0 Å². The van der Waals surface area contributed by atoms with Crippen LogP contribution in [-0.4, -0.2) is 40.6 Å². The lowest BCUT2D eigenvalue weighted by molar-refractivity contribution is -0.136. The van der Waals surface area contributed by atoms with Gasteiger partial charge in [0.05, 0.1) is 5.70 Å². The van der Waals surface area contributed by atoms with E-state index in [1.807, 2.05) is 46.8 Å². The molecule has 2 aliphatic heterocycles. The van der Waals surface area contributed by atoms with Crippen molar-refractivity contribution in [2.45, 2.75) is 41.0 Å². The molecule has 2 amide bonds. The van der Waals surface area contributed by atoms with E-state index in [4.69, 9.17) is 0 Å². The van der Waals surface area contributed by atoms with E-state index in [2.05, 4.69) is 16.7 Å². The maximum absolute atomic E-state index is 15.1. The van der Waals surface area contributed by atoms with Crippen molar-refractivity contribution in [2.75, 3.05) is 6.54 Å². The van der Waals surface area contributed by atoms with Crippen LogP contribution in [-0.2, 0) is 9.59 Å². The van der Waals surface area contributed by atoms with Gasteiger partial charge in [-0.05, 0) is 63.5 Å². The number of aliphatic imine (C=N–C) groups is 1. The summed E-state index contributed by atoms with van der Waals surface area (Å²) < 4.78 is 16.7. The molecule has 2 aliphatic rings. The second-order valence-electron chi connectivity index (χ2n) is 7.31. The number of hydrogen-bond acceptors (Lipinski definition) is 3.